The minimum absolute atomic E-state index is 0.144. The van der Waals surface area contributed by atoms with Crippen LogP contribution in [0.1, 0.15) is 50.7 Å². The Balaban J connectivity index is 2.05. The van der Waals surface area contributed by atoms with Gasteiger partial charge in [0.15, 0.2) is 0 Å². The average Bonchev–Trinajstić information content (AvgIpc) is 3.19. The molecule has 24 heavy (non-hydrogen) atoms. The first-order valence-corrected chi connectivity index (χ1v) is 7.81. The molecule has 134 valence electrons. The summed E-state index contributed by atoms with van der Waals surface area (Å²) in [5.74, 6) is 0.366. The Morgan fingerprint density at radius 3 is 2.46 bits per heavy atom. The highest BCUT2D eigenvalue weighted by atomic mass is 19.4. The number of ether oxygens (including phenoxy) is 2. The van der Waals surface area contributed by atoms with E-state index in [2.05, 4.69) is 5.32 Å². The Hall–Kier alpha value is -1.76. The summed E-state index contributed by atoms with van der Waals surface area (Å²) in [7, 11) is 0. The zero-order chi connectivity index (χ0) is 18.0. The summed E-state index contributed by atoms with van der Waals surface area (Å²) in [5.41, 5.74) is 1.48. The van der Waals surface area contributed by atoms with Gasteiger partial charge in [-0.15, -0.1) is 0 Å². The Bertz CT molecular complexity index is 590. The van der Waals surface area contributed by atoms with Crippen LogP contribution in [0.4, 0.5) is 23.7 Å². The van der Waals surface area contributed by atoms with Gasteiger partial charge < -0.3 is 9.47 Å². The van der Waals surface area contributed by atoms with Crippen LogP contribution in [0.25, 0.3) is 0 Å². The van der Waals surface area contributed by atoms with Gasteiger partial charge in [0.05, 0.1) is 6.61 Å². The Morgan fingerprint density at radius 1 is 1.25 bits per heavy atom. The molecule has 1 aliphatic rings. The molecule has 1 saturated carbocycles. The lowest BCUT2D eigenvalue weighted by molar-refractivity contribution is -0.176. The normalized spacial score (nSPS) is 15.2. The second-order valence-corrected chi connectivity index (χ2v) is 6.92. The summed E-state index contributed by atoms with van der Waals surface area (Å²) in [5, 5.41) is 2.59. The van der Waals surface area contributed by atoms with E-state index >= 15 is 0 Å². The molecule has 4 nitrogen and oxygen atoms in total. The van der Waals surface area contributed by atoms with Gasteiger partial charge in [-0.3, -0.25) is 5.32 Å². The van der Waals surface area contributed by atoms with Gasteiger partial charge in [-0.25, -0.2) is 4.79 Å². The van der Waals surface area contributed by atoms with Crippen molar-refractivity contribution in [2.24, 2.45) is 0 Å². The van der Waals surface area contributed by atoms with Gasteiger partial charge in [-0.1, -0.05) is 6.07 Å². The highest BCUT2D eigenvalue weighted by molar-refractivity contribution is 5.85. The highest BCUT2D eigenvalue weighted by Crippen LogP contribution is 2.42. The van der Waals surface area contributed by atoms with E-state index in [1.165, 1.54) is 0 Å². The molecule has 0 aromatic heterocycles. The maximum atomic E-state index is 12.2. The van der Waals surface area contributed by atoms with Crippen molar-refractivity contribution in [2.45, 2.75) is 57.9 Å². The molecule has 0 bridgehead atoms. The third kappa shape index (κ3) is 6.39. The number of hydrogen-bond acceptors (Lipinski definition) is 3. The summed E-state index contributed by atoms with van der Waals surface area (Å²) in [6, 6.07) is 5.20. The van der Waals surface area contributed by atoms with Crippen molar-refractivity contribution in [3.8, 4) is 0 Å². The smallest absolute Gasteiger partial charge is 0.412 e. The molecule has 1 aromatic rings. The van der Waals surface area contributed by atoms with E-state index in [0.717, 1.165) is 18.4 Å². The molecule has 1 aliphatic carbocycles. The van der Waals surface area contributed by atoms with Crippen LogP contribution in [-0.4, -0.2) is 24.5 Å². The van der Waals surface area contributed by atoms with Crippen molar-refractivity contribution < 1.29 is 27.4 Å². The molecule has 1 amide bonds. The van der Waals surface area contributed by atoms with Crippen LogP contribution < -0.4 is 5.32 Å². The van der Waals surface area contributed by atoms with Crippen molar-refractivity contribution >= 4 is 11.8 Å². The predicted molar refractivity (Wildman–Crippen MR) is 84.0 cm³/mol. The number of carbonyl (C=O) groups is 1. The van der Waals surface area contributed by atoms with E-state index in [-0.39, 0.29) is 6.61 Å². The van der Waals surface area contributed by atoms with Crippen LogP contribution in [0.5, 0.6) is 0 Å². The first-order chi connectivity index (χ1) is 11.0. The largest absolute Gasteiger partial charge is 0.444 e. The molecule has 0 aliphatic heterocycles. The second-order valence-electron chi connectivity index (χ2n) is 6.92. The average molecular weight is 345 g/mol. The number of carbonyl (C=O) groups excluding carboxylic acids is 1. The van der Waals surface area contributed by atoms with Crippen LogP contribution in [0.3, 0.4) is 0 Å². The molecule has 7 heteroatoms. The molecule has 0 heterocycles. The molecule has 2 rings (SSSR count). The standard InChI is InChI=1S/C17H22F3NO3/c1-16(2,3)24-15(22)21-13-6-7-14(11-4-5-11)12(8-13)9-23-10-17(18,19)20/h6-8,11H,4-5,9-10H2,1-3H3,(H,21,22). The number of halogens is 3. The molecule has 0 saturated heterocycles. The van der Waals surface area contributed by atoms with Crippen LogP contribution in [-0.2, 0) is 16.1 Å². The zero-order valence-corrected chi connectivity index (χ0v) is 14.0. The second kappa shape index (κ2) is 7.01. The SMILES string of the molecule is CC(C)(C)OC(=O)Nc1ccc(C2CC2)c(COCC(F)(F)F)c1. The number of amides is 1. The summed E-state index contributed by atoms with van der Waals surface area (Å²) in [6.45, 7) is 3.81. The molecule has 0 radical (unpaired) electrons. The monoisotopic (exact) mass is 345 g/mol. The predicted octanol–water partition coefficient (Wildman–Crippen LogP) is 4.99. The molecule has 1 N–H and O–H groups in total. The molecule has 1 fully saturated rings. The van der Waals surface area contributed by atoms with E-state index in [1.807, 2.05) is 6.07 Å². The molecule has 0 spiro atoms. The van der Waals surface area contributed by atoms with Crippen molar-refractivity contribution in [3.05, 3.63) is 29.3 Å². The van der Waals surface area contributed by atoms with E-state index in [9.17, 15) is 18.0 Å². The summed E-state index contributed by atoms with van der Waals surface area (Å²) in [4.78, 5) is 11.8. The number of anilines is 1. The Kier molecular flexibility index (Phi) is 5.42. The minimum atomic E-state index is -4.36. The number of benzene rings is 1. The minimum Gasteiger partial charge on any atom is -0.444 e. The van der Waals surface area contributed by atoms with Gasteiger partial charge in [-0.05, 0) is 62.8 Å². The molecular formula is C17H22F3NO3. The molecular weight excluding hydrogens is 323 g/mol. The third-order valence-electron chi connectivity index (χ3n) is 3.33. The fourth-order valence-corrected chi connectivity index (χ4v) is 2.30. The van der Waals surface area contributed by atoms with E-state index in [4.69, 9.17) is 9.47 Å². The number of nitrogens with one attached hydrogen (secondary N) is 1. The first kappa shape index (κ1) is 18.6. The van der Waals surface area contributed by atoms with Gasteiger partial charge in [0.25, 0.3) is 0 Å². The van der Waals surface area contributed by atoms with Crippen molar-refractivity contribution in [1.82, 2.24) is 0 Å². The number of rotatable bonds is 5. The summed E-state index contributed by atoms with van der Waals surface area (Å²) >= 11 is 0. The van der Waals surface area contributed by atoms with Gasteiger partial charge in [-0.2, -0.15) is 13.2 Å². The highest BCUT2D eigenvalue weighted by Gasteiger charge is 2.29. The van der Waals surface area contributed by atoms with Crippen LogP contribution >= 0.6 is 0 Å². The van der Waals surface area contributed by atoms with Gasteiger partial charge in [0, 0.05) is 5.69 Å². The van der Waals surface area contributed by atoms with Crippen LogP contribution in [0.2, 0.25) is 0 Å². The molecule has 0 unspecified atom stereocenters. The van der Waals surface area contributed by atoms with Gasteiger partial charge in [0.1, 0.15) is 12.2 Å². The van der Waals surface area contributed by atoms with E-state index in [1.54, 1.807) is 32.9 Å². The number of alkyl halides is 3. The Morgan fingerprint density at radius 2 is 1.92 bits per heavy atom. The summed E-state index contributed by atoms with van der Waals surface area (Å²) < 4.78 is 46.7. The topological polar surface area (TPSA) is 47.6 Å². The maximum absolute atomic E-state index is 12.2. The van der Waals surface area contributed by atoms with E-state index in [0.29, 0.717) is 17.2 Å². The quantitative estimate of drug-likeness (QED) is 0.818. The first-order valence-electron chi connectivity index (χ1n) is 7.81. The van der Waals surface area contributed by atoms with Crippen molar-refractivity contribution in [2.75, 3.05) is 11.9 Å². The fraction of sp³-hybridized carbons (Fsp3) is 0.588. The molecule has 1 aromatic carbocycles. The van der Waals surface area contributed by atoms with Crippen LogP contribution in [0.15, 0.2) is 18.2 Å². The zero-order valence-electron chi connectivity index (χ0n) is 14.0. The molecule has 0 atom stereocenters. The van der Waals surface area contributed by atoms with Gasteiger partial charge in [0.2, 0.25) is 0 Å². The van der Waals surface area contributed by atoms with Gasteiger partial charge >= 0.3 is 12.3 Å². The van der Waals surface area contributed by atoms with E-state index < -0.39 is 24.5 Å². The lowest BCUT2D eigenvalue weighted by atomic mass is 10.0. The Labute approximate surface area is 139 Å². The van der Waals surface area contributed by atoms with Crippen LogP contribution in [0, 0.1) is 0 Å². The third-order valence-corrected chi connectivity index (χ3v) is 3.33. The summed E-state index contributed by atoms with van der Waals surface area (Å²) in [6.07, 6.45) is -2.92. The lowest BCUT2D eigenvalue weighted by Gasteiger charge is -2.20. The van der Waals surface area contributed by atoms with Crippen molar-refractivity contribution in [3.63, 3.8) is 0 Å². The van der Waals surface area contributed by atoms with Crippen molar-refractivity contribution in [1.29, 1.82) is 0 Å². The fourth-order valence-electron chi connectivity index (χ4n) is 2.30. The lowest BCUT2D eigenvalue weighted by Crippen LogP contribution is -2.27. The maximum Gasteiger partial charge on any atom is 0.412 e. The number of hydrogen-bond donors (Lipinski definition) is 1.